The van der Waals surface area contributed by atoms with E-state index >= 15 is 0 Å². The Labute approximate surface area is 116 Å². The number of fused-ring (bicyclic) bond motifs is 1. The molecule has 4 heteroatoms. The van der Waals surface area contributed by atoms with Gasteiger partial charge in [-0.05, 0) is 29.0 Å². The van der Waals surface area contributed by atoms with E-state index in [0.29, 0.717) is 6.42 Å². The molecule has 2 atom stereocenters. The lowest BCUT2D eigenvalue weighted by atomic mass is 10.1. The zero-order valence-electron chi connectivity index (χ0n) is 10.4. The highest BCUT2D eigenvalue weighted by Gasteiger charge is 2.32. The normalized spacial score (nSPS) is 21.1. The monoisotopic (exact) mass is 273 g/mol. The lowest BCUT2D eigenvalue weighted by Gasteiger charge is -2.17. The first-order valence-corrected chi connectivity index (χ1v) is 7.17. The van der Waals surface area contributed by atoms with Crippen molar-refractivity contribution in [2.24, 2.45) is 5.73 Å². The standard InChI is InChI=1S/C15H15NO2S/c16-13-8-10-4-1-2-6-12(10)15(13)18-14(17)9-11-5-3-7-19-11/h1-7,13,15H,8-9,16H2/t13-,15-/m1/s1. The number of ether oxygens (including phenoxy) is 1. The highest BCUT2D eigenvalue weighted by molar-refractivity contribution is 7.10. The average Bonchev–Trinajstić information content (AvgIpc) is 2.99. The first kappa shape index (κ1) is 12.4. The SMILES string of the molecule is N[C@@H]1Cc2ccccc2[C@H]1OC(=O)Cc1cccs1. The average molecular weight is 273 g/mol. The van der Waals surface area contributed by atoms with Crippen LogP contribution in [-0.4, -0.2) is 12.0 Å². The summed E-state index contributed by atoms with van der Waals surface area (Å²) >= 11 is 1.56. The molecular weight excluding hydrogens is 258 g/mol. The smallest absolute Gasteiger partial charge is 0.311 e. The van der Waals surface area contributed by atoms with Crippen molar-refractivity contribution in [2.75, 3.05) is 0 Å². The molecule has 0 saturated carbocycles. The van der Waals surface area contributed by atoms with Crippen molar-refractivity contribution in [3.63, 3.8) is 0 Å². The Bertz CT molecular complexity index is 580. The number of esters is 1. The van der Waals surface area contributed by atoms with Crippen molar-refractivity contribution in [1.29, 1.82) is 0 Å². The van der Waals surface area contributed by atoms with Gasteiger partial charge in [-0.2, -0.15) is 0 Å². The fourth-order valence-corrected chi connectivity index (χ4v) is 3.17. The zero-order chi connectivity index (χ0) is 13.2. The van der Waals surface area contributed by atoms with E-state index in [1.165, 1.54) is 5.56 Å². The number of benzene rings is 1. The van der Waals surface area contributed by atoms with Crippen LogP contribution in [0.5, 0.6) is 0 Å². The zero-order valence-corrected chi connectivity index (χ0v) is 11.2. The lowest BCUT2D eigenvalue weighted by molar-refractivity contribution is -0.149. The third-order valence-corrected chi connectivity index (χ3v) is 4.24. The van der Waals surface area contributed by atoms with Crippen molar-refractivity contribution in [2.45, 2.75) is 25.0 Å². The fraction of sp³-hybridized carbons (Fsp3) is 0.267. The van der Waals surface area contributed by atoms with Crippen LogP contribution >= 0.6 is 11.3 Å². The molecule has 0 spiro atoms. The van der Waals surface area contributed by atoms with Crippen LogP contribution in [-0.2, 0) is 22.4 Å². The van der Waals surface area contributed by atoms with Crippen LogP contribution in [0.1, 0.15) is 22.1 Å². The van der Waals surface area contributed by atoms with Crippen LogP contribution in [0, 0.1) is 0 Å². The minimum Gasteiger partial charge on any atom is -0.456 e. The molecule has 2 aromatic rings. The number of thiophene rings is 1. The summed E-state index contributed by atoms with van der Waals surface area (Å²) in [7, 11) is 0. The Balaban J connectivity index is 1.71. The summed E-state index contributed by atoms with van der Waals surface area (Å²) in [5.74, 6) is -0.209. The highest BCUT2D eigenvalue weighted by Crippen LogP contribution is 2.33. The number of carbonyl (C=O) groups excluding carboxylic acids is 1. The molecule has 2 N–H and O–H groups in total. The number of carbonyl (C=O) groups is 1. The van der Waals surface area contributed by atoms with Crippen LogP contribution < -0.4 is 5.73 Å². The number of hydrogen-bond donors (Lipinski definition) is 1. The van der Waals surface area contributed by atoms with Crippen LogP contribution in [0.25, 0.3) is 0 Å². The molecule has 0 fully saturated rings. The molecule has 3 nitrogen and oxygen atoms in total. The van der Waals surface area contributed by atoms with E-state index < -0.39 is 0 Å². The van der Waals surface area contributed by atoms with Crippen molar-refractivity contribution in [3.8, 4) is 0 Å². The maximum atomic E-state index is 12.0. The number of rotatable bonds is 3. The molecule has 0 unspecified atom stereocenters. The molecule has 0 bridgehead atoms. The Morgan fingerprint density at radius 3 is 2.95 bits per heavy atom. The molecule has 1 aromatic heterocycles. The van der Waals surface area contributed by atoms with E-state index in [0.717, 1.165) is 16.9 Å². The molecular formula is C15H15NO2S. The van der Waals surface area contributed by atoms with E-state index in [4.69, 9.17) is 10.5 Å². The second-order valence-electron chi connectivity index (χ2n) is 4.73. The van der Waals surface area contributed by atoms with E-state index in [1.807, 2.05) is 41.8 Å². The molecule has 0 amide bonds. The van der Waals surface area contributed by atoms with Gasteiger partial charge in [0, 0.05) is 4.88 Å². The Morgan fingerprint density at radius 2 is 2.16 bits per heavy atom. The summed E-state index contributed by atoms with van der Waals surface area (Å²) in [6, 6.07) is 11.7. The van der Waals surface area contributed by atoms with Crippen molar-refractivity contribution in [1.82, 2.24) is 0 Å². The minimum atomic E-state index is -0.302. The molecule has 1 aliphatic rings. The van der Waals surface area contributed by atoms with Gasteiger partial charge in [0.15, 0.2) is 0 Å². The maximum Gasteiger partial charge on any atom is 0.311 e. The molecule has 98 valence electrons. The predicted molar refractivity (Wildman–Crippen MR) is 75.0 cm³/mol. The summed E-state index contributed by atoms with van der Waals surface area (Å²) in [6.45, 7) is 0. The van der Waals surface area contributed by atoms with E-state index in [2.05, 4.69) is 0 Å². The van der Waals surface area contributed by atoms with Gasteiger partial charge in [-0.1, -0.05) is 30.3 Å². The predicted octanol–water partition coefficient (Wildman–Crippen LogP) is 2.46. The van der Waals surface area contributed by atoms with Crippen LogP contribution in [0.3, 0.4) is 0 Å². The van der Waals surface area contributed by atoms with Gasteiger partial charge in [0.25, 0.3) is 0 Å². The lowest BCUT2D eigenvalue weighted by Crippen LogP contribution is -2.28. The van der Waals surface area contributed by atoms with Gasteiger partial charge >= 0.3 is 5.97 Å². The van der Waals surface area contributed by atoms with Gasteiger partial charge in [-0.25, -0.2) is 0 Å². The molecule has 1 aliphatic carbocycles. The van der Waals surface area contributed by atoms with E-state index in [9.17, 15) is 4.79 Å². The van der Waals surface area contributed by atoms with Crippen molar-refractivity contribution < 1.29 is 9.53 Å². The van der Waals surface area contributed by atoms with Crippen LogP contribution in [0.2, 0.25) is 0 Å². The summed E-state index contributed by atoms with van der Waals surface area (Å²) in [5.41, 5.74) is 8.31. The van der Waals surface area contributed by atoms with Gasteiger partial charge in [-0.15, -0.1) is 11.3 Å². The second kappa shape index (κ2) is 5.15. The molecule has 1 aromatic carbocycles. The maximum absolute atomic E-state index is 12.0. The Hall–Kier alpha value is -1.65. The molecule has 3 rings (SSSR count). The quantitative estimate of drug-likeness (QED) is 0.874. The molecule has 0 radical (unpaired) electrons. The highest BCUT2D eigenvalue weighted by atomic mass is 32.1. The number of hydrogen-bond acceptors (Lipinski definition) is 4. The molecule has 0 aliphatic heterocycles. The topological polar surface area (TPSA) is 52.3 Å². The van der Waals surface area contributed by atoms with Gasteiger partial charge in [-0.3, -0.25) is 4.79 Å². The van der Waals surface area contributed by atoms with Gasteiger partial charge in [0.05, 0.1) is 12.5 Å². The van der Waals surface area contributed by atoms with Gasteiger partial charge in [0.1, 0.15) is 6.10 Å². The third-order valence-electron chi connectivity index (χ3n) is 3.36. The molecule has 1 heterocycles. The summed E-state index contributed by atoms with van der Waals surface area (Å²) in [4.78, 5) is 13.0. The first-order chi connectivity index (χ1) is 9.24. The largest absolute Gasteiger partial charge is 0.456 e. The van der Waals surface area contributed by atoms with Crippen molar-refractivity contribution >= 4 is 17.3 Å². The third kappa shape index (κ3) is 2.55. The Kier molecular flexibility index (Phi) is 3.36. The van der Waals surface area contributed by atoms with E-state index in [1.54, 1.807) is 11.3 Å². The Morgan fingerprint density at radius 1 is 1.32 bits per heavy atom. The second-order valence-corrected chi connectivity index (χ2v) is 5.77. The molecule has 0 saturated heterocycles. The summed E-state index contributed by atoms with van der Waals surface area (Å²) in [5, 5.41) is 1.96. The van der Waals surface area contributed by atoms with Crippen molar-refractivity contribution in [3.05, 3.63) is 57.8 Å². The van der Waals surface area contributed by atoms with Gasteiger partial charge < -0.3 is 10.5 Å². The van der Waals surface area contributed by atoms with Gasteiger partial charge in [0.2, 0.25) is 0 Å². The minimum absolute atomic E-state index is 0.135. The summed E-state index contributed by atoms with van der Waals surface area (Å²) in [6.07, 6.45) is 0.791. The van der Waals surface area contributed by atoms with Crippen LogP contribution in [0.4, 0.5) is 0 Å². The van der Waals surface area contributed by atoms with E-state index in [-0.39, 0.29) is 18.1 Å². The number of nitrogens with two attached hydrogens (primary N) is 1. The first-order valence-electron chi connectivity index (χ1n) is 6.29. The fourth-order valence-electron chi connectivity index (χ4n) is 2.48. The summed E-state index contributed by atoms with van der Waals surface area (Å²) < 4.78 is 5.57. The molecule has 19 heavy (non-hydrogen) atoms. The van der Waals surface area contributed by atoms with Crippen LogP contribution in [0.15, 0.2) is 41.8 Å².